The third-order valence-electron chi connectivity index (χ3n) is 4.82. The summed E-state index contributed by atoms with van der Waals surface area (Å²) in [6, 6.07) is 12.6. The number of amides is 2. The second kappa shape index (κ2) is 10.1. The van der Waals surface area contributed by atoms with Crippen LogP contribution in [0.2, 0.25) is 5.02 Å². The van der Waals surface area contributed by atoms with Gasteiger partial charge in [0.25, 0.3) is 5.91 Å². The minimum absolute atomic E-state index is 0.0346. The Morgan fingerprint density at radius 1 is 1.14 bits per heavy atom. The quantitative estimate of drug-likeness (QED) is 0.701. The average Bonchev–Trinajstić information content (AvgIpc) is 2.68. The Hall–Kier alpha value is -2.53. The number of hydrogen-bond acceptors (Lipinski definition) is 3. The fourth-order valence-corrected chi connectivity index (χ4v) is 2.92. The second-order valence-electron chi connectivity index (χ2n) is 6.79. The lowest BCUT2D eigenvalue weighted by molar-refractivity contribution is -0.138. The zero-order chi connectivity index (χ0) is 20.7. The number of hydrogen-bond donors (Lipinski definition) is 1. The molecule has 0 fully saturated rings. The molecule has 0 radical (unpaired) electrons. The van der Waals surface area contributed by atoms with E-state index in [4.69, 9.17) is 16.3 Å². The van der Waals surface area contributed by atoms with Crippen LogP contribution in [0, 0.1) is 13.8 Å². The molecule has 0 aliphatic carbocycles. The highest BCUT2D eigenvalue weighted by Crippen LogP contribution is 2.23. The molecule has 150 valence electrons. The Balaban J connectivity index is 2.04. The first-order valence-electron chi connectivity index (χ1n) is 9.36. The van der Waals surface area contributed by atoms with Gasteiger partial charge in [-0.1, -0.05) is 42.8 Å². The molecule has 1 N–H and O–H groups in total. The summed E-state index contributed by atoms with van der Waals surface area (Å²) in [7, 11) is 0. The maximum atomic E-state index is 12.7. The SMILES string of the molecule is CC[C@H](C)N(CC(=O)Nc1cccc(C)c1C)C(=O)COc1ccccc1Cl. The molecule has 0 aromatic heterocycles. The standard InChI is InChI=1S/C22H27ClN2O3/c1-5-16(3)25(22(27)14-28-20-12-7-6-10-18(20)23)13-21(26)24-19-11-8-9-15(2)17(19)4/h6-12,16H,5,13-14H2,1-4H3,(H,24,26)/t16-/m0/s1. The maximum Gasteiger partial charge on any atom is 0.261 e. The molecule has 1 atom stereocenters. The van der Waals surface area contributed by atoms with Gasteiger partial charge in [-0.15, -0.1) is 0 Å². The summed E-state index contributed by atoms with van der Waals surface area (Å²) < 4.78 is 5.55. The van der Waals surface area contributed by atoms with Gasteiger partial charge in [-0.25, -0.2) is 0 Å². The van der Waals surface area contributed by atoms with Gasteiger partial charge in [-0.05, 0) is 56.5 Å². The molecular formula is C22H27ClN2O3. The van der Waals surface area contributed by atoms with Crippen molar-refractivity contribution in [3.05, 3.63) is 58.6 Å². The number of carbonyl (C=O) groups excluding carboxylic acids is 2. The fraction of sp³-hybridized carbons (Fsp3) is 0.364. The lowest BCUT2D eigenvalue weighted by Crippen LogP contribution is -2.45. The highest BCUT2D eigenvalue weighted by Gasteiger charge is 2.23. The van der Waals surface area contributed by atoms with Crippen molar-refractivity contribution in [1.29, 1.82) is 0 Å². The van der Waals surface area contributed by atoms with E-state index in [1.165, 1.54) is 4.90 Å². The van der Waals surface area contributed by atoms with Gasteiger partial charge in [-0.2, -0.15) is 0 Å². The van der Waals surface area contributed by atoms with Crippen molar-refractivity contribution >= 4 is 29.1 Å². The number of rotatable bonds is 8. The van der Waals surface area contributed by atoms with Crippen LogP contribution < -0.4 is 10.1 Å². The van der Waals surface area contributed by atoms with Gasteiger partial charge < -0.3 is 15.0 Å². The molecule has 0 saturated carbocycles. The Labute approximate surface area is 171 Å². The van der Waals surface area contributed by atoms with Gasteiger partial charge in [0, 0.05) is 11.7 Å². The Bertz CT molecular complexity index is 838. The van der Waals surface area contributed by atoms with Crippen molar-refractivity contribution in [3.8, 4) is 5.75 Å². The van der Waals surface area contributed by atoms with Gasteiger partial charge in [0.1, 0.15) is 12.3 Å². The Morgan fingerprint density at radius 2 is 1.86 bits per heavy atom. The Morgan fingerprint density at radius 3 is 2.54 bits per heavy atom. The summed E-state index contributed by atoms with van der Waals surface area (Å²) >= 11 is 6.07. The van der Waals surface area contributed by atoms with Gasteiger partial charge in [0.05, 0.1) is 5.02 Å². The zero-order valence-corrected chi connectivity index (χ0v) is 17.5. The molecule has 0 bridgehead atoms. The van der Waals surface area contributed by atoms with E-state index in [-0.39, 0.29) is 31.0 Å². The molecule has 2 aromatic rings. The lowest BCUT2D eigenvalue weighted by atomic mass is 10.1. The summed E-state index contributed by atoms with van der Waals surface area (Å²) in [5.74, 6) is -0.0491. The third kappa shape index (κ3) is 5.73. The predicted octanol–water partition coefficient (Wildman–Crippen LogP) is 4.60. The van der Waals surface area contributed by atoms with E-state index in [1.54, 1.807) is 24.3 Å². The monoisotopic (exact) mass is 402 g/mol. The summed E-state index contributed by atoms with van der Waals surface area (Å²) in [6.07, 6.45) is 0.731. The molecule has 2 aromatic carbocycles. The lowest BCUT2D eigenvalue weighted by Gasteiger charge is -2.28. The minimum Gasteiger partial charge on any atom is -0.482 e. The van der Waals surface area contributed by atoms with Crippen molar-refractivity contribution < 1.29 is 14.3 Å². The smallest absolute Gasteiger partial charge is 0.261 e. The molecule has 28 heavy (non-hydrogen) atoms. The molecule has 5 nitrogen and oxygen atoms in total. The number of para-hydroxylation sites is 1. The van der Waals surface area contributed by atoms with Crippen molar-refractivity contribution in [2.75, 3.05) is 18.5 Å². The molecule has 0 saturated heterocycles. The number of aryl methyl sites for hydroxylation is 1. The second-order valence-corrected chi connectivity index (χ2v) is 7.20. The van der Waals surface area contributed by atoms with Crippen LogP contribution in [-0.4, -0.2) is 35.9 Å². The van der Waals surface area contributed by atoms with Gasteiger partial charge in [0.15, 0.2) is 6.61 Å². The van der Waals surface area contributed by atoms with Crippen LogP contribution in [0.5, 0.6) is 5.75 Å². The van der Waals surface area contributed by atoms with E-state index in [0.717, 1.165) is 23.2 Å². The number of benzene rings is 2. The number of anilines is 1. The summed E-state index contributed by atoms with van der Waals surface area (Å²) in [4.78, 5) is 26.8. The van der Waals surface area contributed by atoms with Crippen molar-refractivity contribution in [2.45, 2.75) is 40.2 Å². The van der Waals surface area contributed by atoms with Crippen LogP contribution in [0.15, 0.2) is 42.5 Å². The van der Waals surface area contributed by atoms with Crippen LogP contribution in [0.25, 0.3) is 0 Å². The first-order valence-corrected chi connectivity index (χ1v) is 9.74. The number of nitrogens with zero attached hydrogens (tertiary/aromatic N) is 1. The fourth-order valence-electron chi connectivity index (χ4n) is 2.73. The van der Waals surface area contributed by atoms with E-state index in [1.807, 2.05) is 45.9 Å². The summed E-state index contributed by atoms with van der Waals surface area (Å²) in [5, 5.41) is 3.35. The highest BCUT2D eigenvalue weighted by atomic mass is 35.5. The normalized spacial score (nSPS) is 11.6. The van der Waals surface area contributed by atoms with E-state index >= 15 is 0 Å². The van der Waals surface area contributed by atoms with Crippen LogP contribution >= 0.6 is 11.6 Å². The predicted molar refractivity (Wildman–Crippen MR) is 113 cm³/mol. The number of nitrogens with one attached hydrogen (secondary N) is 1. The molecule has 0 aliphatic rings. The van der Waals surface area contributed by atoms with Crippen LogP contribution in [0.1, 0.15) is 31.4 Å². The number of carbonyl (C=O) groups is 2. The van der Waals surface area contributed by atoms with E-state index in [0.29, 0.717) is 10.8 Å². The van der Waals surface area contributed by atoms with E-state index < -0.39 is 0 Å². The van der Waals surface area contributed by atoms with Crippen molar-refractivity contribution in [3.63, 3.8) is 0 Å². The summed E-state index contributed by atoms with van der Waals surface area (Å²) in [5.41, 5.74) is 2.87. The van der Waals surface area contributed by atoms with Crippen molar-refractivity contribution in [2.24, 2.45) is 0 Å². The number of ether oxygens (including phenoxy) is 1. The number of halogens is 1. The topological polar surface area (TPSA) is 58.6 Å². The zero-order valence-electron chi connectivity index (χ0n) is 16.8. The first-order chi connectivity index (χ1) is 13.3. The summed E-state index contributed by atoms with van der Waals surface area (Å²) in [6.45, 7) is 7.63. The molecule has 0 spiro atoms. The molecule has 6 heteroatoms. The molecule has 2 rings (SSSR count). The van der Waals surface area contributed by atoms with Crippen molar-refractivity contribution in [1.82, 2.24) is 4.90 Å². The van der Waals surface area contributed by atoms with Crippen LogP contribution in [-0.2, 0) is 9.59 Å². The molecule has 2 amide bonds. The van der Waals surface area contributed by atoms with E-state index in [9.17, 15) is 9.59 Å². The molecule has 0 heterocycles. The first kappa shape index (κ1) is 21.8. The van der Waals surface area contributed by atoms with Crippen LogP contribution in [0.4, 0.5) is 5.69 Å². The molecule has 0 aliphatic heterocycles. The third-order valence-corrected chi connectivity index (χ3v) is 5.14. The van der Waals surface area contributed by atoms with Gasteiger partial charge in [-0.3, -0.25) is 9.59 Å². The van der Waals surface area contributed by atoms with Crippen LogP contribution in [0.3, 0.4) is 0 Å². The average molecular weight is 403 g/mol. The molecular weight excluding hydrogens is 376 g/mol. The minimum atomic E-state index is -0.259. The highest BCUT2D eigenvalue weighted by molar-refractivity contribution is 6.32. The van der Waals surface area contributed by atoms with E-state index in [2.05, 4.69) is 5.32 Å². The largest absolute Gasteiger partial charge is 0.482 e. The Kier molecular flexibility index (Phi) is 7.88. The maximum absolute atomic E-state index is 12.7. The molecule has 0 unspecified atom stereocenters. The van der Waals surface area contributed by atoms with Gasteiger partial charge >= 0.3 is 0 Å². The van der Waals surface area contributed by atoms with Gasteiger partial charge in [0.2, 0.25) is 5.91 Å².